The van der Waals surface area contributed by atoms with Gasteiger partial charge in [0, 0.05) is 23.8 Å². The van der Waals surface area contributed by atoms with Crippen LogP contribution in [0.5, 0.6) is 0 Å². The third-order valence-corrected chi connectivity index (χ3v) is 4.42. The maximum Gasteiger partial charge on any atom is 0.347 e. The van der Waals surface area contributed by atoms with Crippen molar-refractivity contribution in [2.45, 2.75) is 52.2 Å². The molecule has 0 spiro atoms. The monoisotopic (exact) mass is 344 g/mol. The van der Waals surface area contributed by atoms with Crippen molar-refractivity contribution in [3.63, 3.8) is 0 Å². The van der Waals surface area contributed by atoms with E-state index in [1.165, 1.54) is 0 Å². The molecule has 0 aliphatic carbocycles. The van der Waals surface area contributed by atoms with Crippen molar-refractivity contribution in [1.82, 2.24) is 0 Å². The van der Waals surface area contributed by atoms with Crippen molar-refractivity contribution < 1.29 is 23.5 Å². The van der Waals surface area contributed by atoms with Gasteiger partial charge in [-0.25, -0.2) is 9.59 Å². The van der Waals surface area contributed by atoms with Crippen LogP contribution in [0, 0.1) is 13.8 Å². The number of fused-ring (bicyclic) bond motifs is 1. The Bertz CT molecular complexity index is 895. The summed E-state index contributed by atoms with van der Waals surface area (Å²) in [4.78, 5) is 35.7. The summed E-state index contributed by atoms with van der Waals surface area (Å²) >= 11 is 0. The molecular weight excluding hydrogens is 324 g/mol. The molecule has 0 saturated carbocycles. The van der Waals surface area contributed by atoms with Crippen molar-refractivity contribution >= 4 is 22.9 Å². The van der Waals surface area contributed by atoms with Crippen LogP contribution in [0.2, 0.25) is 0 Å². The van der Waals surface area contributed by atoms with Gasteiger partial charge in [-0.3, -0.25) is 4.79 Å². The highest BCUT2D eigenvalue weighted by Crippen LogP contribution is 2.22. The van der Waals surface area contributed by atoms with Crippen LogP contribution in [-0.4, -0.2) is 24.1 Å². The number of carbonyl (C=O) groups is 2. The fraction of sp³-hybridized carbons (Fsp3) is 0.421. The third kappa shape index (κ3) is 3.57. The lowest BCUT2D eigenvalue weighted by Gasteiger charge is -2.10. The van der Waals surface area contributed by atoms with Gasteiger partial charge in [0.25, 0.3) is 0 Å². The van der Waals surface area contributed by atoms with E-state index >= 15 is 0 Å². The molecule has 1 aliphatic rings. The van der Waals surface area contributed by atoms with Crippen LogP contribution >= 0.6 is 0 Å². The van der Waals surface area contributed by atoms with E-state index in [1.54, 1.807) is 6.92 Å². The van der Waals surface area contributed by atoms with Crippen molar-refractivity contribution in [3.05, 3.63) is 45.3 Å². The Morgan fingerprint density at radius 2 is 2.04 bits per heavy atom. The van der Waals surface area contributed by atoms with Crippen LogP contribution in [0.15, 0.2) is 27.4 Å². The minimum Gasteiger partial charge on any atom is -0.460 e. The molecule has 0 unspecified atom stereocenters. The highest BCUT2D eigenvalue weighted by Gasteiger charge is 2.34. The van der Waals surface area contributed by atoms with Gasteiger partial charge in [-0.2, -0.15) is 0 Å². The second-order valence-corrected chi connectivity index (χ2v) is 6.45. The average molecular weight is 344 g/mol. The van der Waals surface area contributed by atoms with Crippen molar-refractivity contribution in [3.8, 4) is 0 Å². The van der Waals surface area contributed by atoms with E-state index in [9.17, 15) is 14.4 Å². The quantitative estimate of drug-likeness (QED) is 0.626. The fourth-order valence-electron chi connectivity index (χ4n) is 3.05. The van der Waals surface area contributed by atoms with E-state index in [4.69, 9.17) is 13.9 Å². The van der Waals surface area contributed by atoms with Gasteiger partial charge in [0.2, 0.25) is 6.10 Å². The molecule has 3 rings (SSSR count). The van der Waals surface area contributed by atoms with Gasteiger partial charge >= 0.3 is 17.6 Å². The Labute approximate surface area is 144 Å². The molecule has 1 fully saturated rings. The number of rotatable bonds is 4. The number of aryl methyl sites for hydroxylation is 2. The van der Waals surface area contributed by atoms with E-state index in [0.29, 0.717) is 17.6 Å². The first-order valence-electron chi connectivity index (χ1n) is 8.28. The zero-order valence-corrected chi connectivity index (χ0v) is 14.5. The van der Waals surface area contributed by atoms with Gasteiger partial charge in [-0.05, 0) is 44.4 Å². The third-order valence-electron chi connectivity index (χ3n) is 4.42. The number of carbonyl (C=O) groups excluding carboxylic acids is 2. The molecule has 1 aromatic heterocycles. The zero-order chi connectivity index (χ0) is 18.1. The van der Waals surface area contributed by atoms with Crippen molar-refractivity contribution in [1.29, 1.82) is 0 Å². The van der Waals surface area contributed by atoms with Crippen LogP contribution in [0.3, 0.4) is 0 Å². The Morgan fingerprint density at radius 3 is 2.72 bits per heavy atom. The molecule has 1 saturated heterocycles. The molecule has 25 heavy (non-hydrogen) atoms. The molecule has 0 radical (unpaired) electrons. The molecule has 132 valence electrons. The molecule has 1 aromatic carbocycles. The maximum absolute atomic E-state index is 12.2. The standard InChI is InChI=1S/C19H20O6/c1-10-4-5-13-12(3)14(18(21)25-15(13)8-10)6-7-17(20)24-16-9-11(2)23-19(16)22/h4-5,8,11,16H,6-7,9H2,1-3H3/t11-,16+/m0/s1. The predicted molar refractivity (Wildman–Crippen MR) is 90.3 cm³/mol. The van der Waals surface area contributed by atoms with Crippen LogP contribution in [0.4, 0.5) is 0 Å². The first-order chi connectivity index (χ1) is 11.8. The number of hydrogen-bond donors (Lipinski definition) is 0. The minimum absolute atomic E-state index is 0.00112. The van der Waals surface area contributed by atoms with Crippen LogP contribution in [0.1, 0.15) is 36.5 Å². The van der Waals surface area contributed by atoms with Gasteiger partial charge in [0.15, 0.2) is 0 Å². The van der Waals surface area contributed by atoms with Gasteiger partial charge in [-0.15, -0.1) is 0 Å². The summed E-state index contributed by atoms with van der Waals surface area (Å²) in [7, 11) is 0. The summed E-state index contributed by atoms with van der Waals surface area (Å²) in [6.45, 7) is 5.51. The highest BCUT2D eigenvalue weighted by atomic mass is 16.6. The van der Waals surface area contributed by atoms with Crippen LogP contribution in [-0.2, 0) is 25.5 Å². The number of benzene rings is 1. The summed E-state index contributed by atoms with van der Waals surface area (Å²) in [5.74, 6) is -1.04. The van der Waals surface area contributed by atoms with E-state index in [-0.39, 0.29) is 18.9 Å². The first kappa shape index (κ1) is 17.2. The number of ether oxygens (including phenoxy) is 2. The molecule has 2 heterocycles. The van der Waals surface area contributed by atoms with E-state index in [0.717, 1.165) is 16.5 Å². The molecule has 6 heteroatoms. The Hall–Kier alpha value is -2.63. The van der Waals surface area contributed by atoms with E-state index in [1.807, 2.05) is 32.0 Å². The molecule has 0 N–H and O–H groups in total. The first-order valence-corrected chi connectivity index (χ1v) is 8.28. The molecule has 2 atom stereocenters. The smallest absolute Gasteiger partial charge is 0.347 e. The SMILES string of the molecule is Cc1ccc2c(C)c(CCC(=O)O[C@@H]3C[C@H](C)OC3=O)c(=O)oc2c1. The highest BCUT2D eigenvalue weighted by molar-refractivity contribution is 5.82. The molecule has 2 aromatic rings. The largest absolute Gasteiger partial charge is 0.460 e. The number of cyclic esters (lactones) is 1. The fourth-order valence-corrected chi connectivity index (χ4v) is 3.05. The normalized spacial score (nSPS) is 19.9. The second kappa shape index (κ2) is 6.70. The predicted octanol–water partition coefficient (Wildman–Crippen LogP) is 2.59. The lowest BCUT2D eigenvalue weighted by molar-refractivity contribution is -0.160. The van der Waals surface area contributed by atoms with Crippen LogP contribution < -0.4 is 5.63 Å². The molecular formula is C19H20O6. The minimum atomic E-state index is -0.848. The summed E-state index contributed by atoms with van der Waals surface area (Å²) in [5.41, 5.74) is 2.35. The van der Waals surface area contributed by atoms with E-state index in [2.05, 4.69) is 0 Å². The van der Waals surface area contributed by atoms with Gasteiger partial charge in [0.1, 0.15) is 11.7 Å². The maximum atomic E-state index is 12.2. The lowest BCUT2D eigenvalue weighted by atomic mass is 10.0. The van der Waals surface area contributed by atoms with Crippen molar-refractivity contribution in [2.24, 2.45) is 0 Å². The summed E-state index contributed by atoms with van der Waals surface area (Å²) in [6.07, 6.45) is -0.529. The Balaban J connectivity index is 1.73. The summed E-state index contributed by atoms with van der Waals surface area (Å²) in [5, 5.41) is 0.849. The number of hydrogen-bond acceptors (Lipinski definition) is 6. The molecule has 6 nitrogen and oxygen atoms in total. The van der Waals surface area contributed by atoms with Gasteiger partial charge < -0.3 is 13.9 Å². The number of esters is 2. The molecule has 1 aliphatic heterocycles. The van der Waals surface area contributed by atoms with Crippen LogP contribution in [0.25, 0.3) is 11.0 Å². The van der Waals surface area contributed by atoms with E-state index < -0.39 is 23.7 Å². The summed E-state index contributed by atoms with van der Waals surface area (Å²) < 4.78 is 15.5. The molecule has 0 amide bonds. The summed E-state index contributed by atoms with van der Waals surface area (Å²) in [6, 6.07) is 5.66. The lowest BCUT2D eigenvalue weighted by Crippen LogP contribution is -2.23. The van der Waals surface area contributed by atoms with Gasteiger partial charge in [-0.1, -0.05) is 12.1 Å². The zero-order valence-electron chi connectivity index (χ0n) is 14.5. The second-order valence-electron chi connectivity index (χ2n) is 6.45. The molecule has 0 bridgehead atoms. The van der Waals surface area contributed by atoms with Gasteiger partial charge in [0.05, 0.1) is 0 Å². The Morgan fingerprint density at radius 1 is 1.28 bits per heavy atom. The average Bonchev–Trinajstić information content (AvgIpc) is 2.84. The Kier molecular flexibility index (Phi) is 4.61. The topological polar surface area (TPSA) is 82.8 Å². The van der Waals surface area contributed by atoms with Crippen molar-refractivity contribution in [2.75, 3.05) is 0 Å².